The number of esters is 1. The predicted octanol–water partition coefficient (Wildman–Crippen LogP) is 0.521. The van der Waals surface area contributed by atoms with Crippen molar-refractivity contribution in [1.82, 2.24) is 10.6 Å². The normalized spacial score (nSPS) is 10.1. The maximum Gasteiger partial charge on any atom is 0.325 e. The van der Waals surface area contributed by atoms with E-state index in [2.05, 4.69) is 29.2 Å². The van der Waals surface area contributed by atoms with Gasteiger partial charge in [0.2, 0.25) is 0 Å². The minimum Gasteiger partial charge on any atom is -0.465 e. The van der Waals surface area contributed by atoms with Crippen LogP contribution in [0.2, 0.25) is 0 Å². The summed E-state index contributed by atoms with van der Waals surface area (Å²) < 4.78 is 9.93. The zero-order valence-corrected chi connectivity index (χ0v) is 10.7. The SMILES string of the molecule is CCOC(=O)CNC(=O)NCCOCC(C)C. The number of ether oxygens (including phenoxy) is 2. The fourth-order valence-corrected chi connectivity index (χ4v) is 0.983. The number of nitrogens with one attached hydrogen (secondary N) is 2. The van der Waals surface area contributed by atoms with Crippen molar-refractivity contribution >= 4 is 12.0 Å². The predicted molar refractivity (Wildman–Crippen MR) is 63.7 cm³/mol. The Morgan fingerprint density at radius 3 is 2.53 bits per heavy atom. The van der Waals surface area contributed by atoms with Gasteiger partial charge >= 0.3 is 12.0 Å². The number of urea groups is 1. The summed E-state index contributed by atoms with van der Waals surface area (Å²) in [5.74, 6) is 0.0337. The van der Waals surface area contributed by atoms with Crippen LogP contribution in [0.5, 0.6) is 0 Å². The van der Waals surface area contributed by atoms with Gasteiger partial charge in [-0.15, -0.1) is 0 Å². The average Bonchev–Trinajstić information content (AvgIpc) is 2.26. The van der Waals surface area contributed by atoms with Crippen LogP contribution in [0.25, 0.3) is 0 Å². The number of hydrogen-bond acceptors (Lipinski definition) is 4. The van der Waals surface area contributed by atoms with Crippen LogP contribution in [0, 0.1) is 5.92 Å². The summed E-state index contributed by atoms with van der Waals surface area (Å²) in [6, 6.07) is -0.397. The van der Waals surface area contributed by atoms with Crippen molar-refractivity contribution in [1.29, 1.82) is 0 Å². The van der Waals surface area contributed by atoms with Crippen molar-refractivity contribution in [2.45, 2.75) is 20.8 Å². The van der Waals surface area contributed by atoms with Crippen molar-refractivity contribution in [2.75, 3.05) is 32.9 Å². The Balaban J connectivity index is 3.38. The van der Waals surface area contributed by atoms with E-state index in [0.29, 0.717) is 32.3 Å². The topological polar surface area (TPSA) is 76.7 Å². The quantitative estimate of drug-likeness (QED) is 0.483. The molecule has 2 amide bonds. The lowest BCUT2D eigenvalue weighted by Gasteiger charge is -2.09. The second kappa shape index (κ2) is 9.89. The second-order valence-corrected chi connectivity index (χ2v) is 3.88. The summed E-state index contributed by atoms with van der Waals surface area (Å²) in [6.07, 6.45) is 0. The molecule has 0 aliphatic carbocycles. The van der Waals surface area contributed by atoms with Crippen molar-refractivity contribution in [3.63, 3.8) is 0 Å². The fourth-order valence-electron chi connectivity index (χ4n) is 0.983. The lowest BCUT2D eigenvalue weighted by molar-refractivity contribution is -0.141. The molecule has 0 aromatic heterocycles. The highest BCUT2D eigenvalue weighted by Gasteiger charge is 2.04. The Bertz CT molecular complexity index is 232. The molecular formula is C11H22N2O4. The summed E-state index contributed by atoms with van der Waals surface area (Å²) in [5, 5.41) is 4.96. The van der Waals surface area contributed by atoms with Gasteiger partial charge in [-0.2, -0.15) is 0 Å². The Hall–Kier alpha value is -1.30. The van der Waals surface area contributed by atoms with Crippen LogP contribution < -0.4 is 10.6 Å². The van der Waals surface area contributed by atoms with Crippen molar-refractivity contribution in [2.24, 2.45) is 5.92 Å². The van der Waals surface area contributed by atoms with Gasteiger partial charge in [0, 0.05) is 13.2 Å². The Kier molecular flexibility index (Phi) is 9.14. The molecule has 17 heavy (non-hydrogen) atoms. The molecule has 0 aromatic carbocycles. The molecule has 0 radical (unpaired) electrons. The van der Waals surface area contributed by atoms with Crippen molar-refractivity contribution in [3.8, 4) is 0 Å². The lowest BCUT2D eigenvalue weighted by Crippen LogP contribution is -2.40. The first-order chi connectivity index (χ1) is 8.06. The van der Waals surface area contributed by atoms with Gasteiger partial charge in [0.15, 0.2) is 0 Å². The zero-order valence-electron chi connectivity index (χ0n) is 10.7. The van der Waals surface area contributed by atoms with E-state index in [4.69, 9.17) is 4.74 Å². The highest BCUT2D eigenvalue weighted by Crippen LogP contribution is 1.90. The molecule has 0 spiro atoms. The summed E-state index contributed by atoms with van der Waals surface area (Å²) in [5.41, 5.74) is 0. The molecule has 6 nitrogen and oxygen atoms in total. The largest absolute Gasteiger partial charge is 0.465 e. The number of hydrogen-bond donors (Lipinski definition) is 2. The van der Waals surface area contributed by atoms with E-state index in [9.17, 15) is 9.59 Å². The van der Waals surface area contributed by atoms with Crippen LogP contribution in [0.15, 0.2) is 0 Å². The molecule has 0 atom stereocenters. The monoisotopic (exact) mass is 246 g/mol. The summed E-state index contributed by atoms with van der Waals surface area (Å²) in [6.45, 7) is 7.57. The van der Waals surface area contributed by atoms with E-state index in [-0.39, 0.29) is 6.54 Å². The minimum atomic E-state index is -0.446. The Labute approximate surface area is 102 Å². The highest BCUT2D eigenvalue weighted by atomic mass is 16.5. The fraction of sp³-hybridized carbons (Fsp3) is 0.818. The molecule has 2 N–H and O–H groups in total. The maximum atomic E-state index is 11.2. The van der Waals surface area contributed by atoms with Gasteiger partial charge in [-0.1, -0.05) is 13.8 Å². The molecule has 0 aliphatic heterocycles. The highest BCUT2D eigenvalue weighted by molar-refractivity contribution is 5.80. The zero-order chi connectivity index (χ0) is 13.1. The van der Waals surface area contributed by atoms with Crippen molar-refractivity contribution < 1.29 is 19.1 Å². The number of carbonyl (C=O) groups excluding carboxylic acids is 2. The summed E-state index contributed by atoms with van der Waals surface area (Å²) in [7, 11) is 0. The molecule has 0 saturated heterocycles. The molecule has 0 saturated carbocycles. The molecule has 0 fully saturated rings. The number of amides is 2. The molecule has 0 aromatic rings. The van der Waals surface area contributed by atoms with E-state index < -0.39 is 12.0 Å². The van der Waals surface area contributed by atoms with E-state index in [0.717, 1.165) is 0 Å². The second-order valence-electron chi connectivity index (χ2n) is 3.88. The van der Waals surface area contributed by atoms with Crippen LogP contribution in [0.3, 0.4) is 0 Å². The molecular weight excluding hydrogens is 224 g/mol. The molecule has 0 heterocycles. The maximum absolute atomic E-state index is 11.2. The smallest absolute Gasteiger partial charge is 0.325 e. The van der Waals surface area contributed by atoms with E-state index >= 15 is 0 Å². The van der Waals surface area contributed by atoms with Crippen LogP contribution in [0.4, 0.5) is 4.79 Å². The van der Waals surface area contributed by atoms with Crippen molar-refractivity contribution in [3.05, 3.63) is 0 Å². The molecule has 0 aliphatic rings. The van der Waals surface area contributed by atoms with Gasteiger partial charge in [-0.05, 0) is 12.8 Å². The summed E-state index contributed by atoms with van der Waals surface area (Å²) >= 11 is 0. The average molecular weight is 246 g/mol. The third-order valence-electron chi connectivity index (χ3n) is 1.68. The van der Waals surface area contributed by atoms with E-state index in [1.165, 1.54) is 0 Å². The van der Waals surface area contributed by atoms with Crippen LogP contribution in [0.1, 0.15) is 20.8 Å². The Morgan fingerprint density at radius 2 is 1.94 bits per heavy atom. The molecule has 100 valence electrons. The minimum absolute atomic E-state index is 0.119. The summed E-state index contributed by atoms with van der Waals surface area (Å²) in [4.78, 5) is 22.1. The van der Waals surface area contributed by atoms with E-state index in [1.54, 1.807) is 6.92 Å². The van der Waals surface area contributed by atoms with Gasteiger partial charge in [0.25, 0.3) is 0 Å². The lowest BCUT2D eigenvalue weighted by atomic mass is 10.2. The van der Waals surface area contributed by atoms with E-state index in [1.807, 2.05) is 0 Å². The van der Waals surface area contributed by atoms with Gasteiger partial charge in [-0.25, -0.2) is 4.79 Å². The van der Waals surface area contributed by atoms with Crippen LogP contribution in [-0.4, -0.2) is 44.9 Å². The van der Waals surface area contributed by atoms with Gasteiger partial charge in [-0.3, -0.25) is 4.79 Å². The standard InChI is InChI=1S/C11H22N2O4/c1-4-17-10(14)7-13-11(15)12-5-6-16-8-9(2)3/h9H,4-8H2,1-3H3,(H2,12,13,15). The van der Waals surface area contributed by atoms with Gasteiger partial charge < -0.3 is 20.1 Å². The third-order valence-corrected chi connectivity index (χ3v) is 1.68. The Morgan fingerprint density at radius 1 is 1.24 bits per heavy atom. The van der Waals surface area contributed by atoms with Crippen LogP contribution >= 0.6 is 0 Å². The van der Waals surface area contributed by atoms with Crippen LogP contribution in [-0.2, 0) is 14.3 Å². The first-order valence-electron chi connectivity index (χ1n) is 5.81. The molecule has 0 unspecified atom stereocenters. The molecule has 6 heteroatoms. The molecule has 0 rings (SSSR count). The molecule has 0 bridgehead atoms. The number of carbonyl (C=O) groups is 2. The van der Waals surface area contributed by atoms with Gasteiger partial charge in [0.1, 0.15) is 6.54 Å². The first-order valence-corrected chi connectivity index (χ1v) is 5.81. The third kappa shape index (κ3) is 11.0. The number of rotatable bonds is 8. The van der Waals surface area contributed by atoms with Gasteiger partial charge in [0.05, 0.1) is 13.2 Å². The first kappa shape index (κ1) is 15.7.